The van der Waals surface area contributed by atoms with Crippen LogP contribution in [0.4, 0.5) is 20.2 Å². The summed E-state index contributed by atoms with van der Waals surface area (Å²) in [4.78, 5) is 37.3. The number of anilines is 2. The van der Waals surface area contributed by atoms with E-state index in [1.165, 1.54) is 18.3 Å². The van der Waals surface area contributed by atoms with Gasteiger partial charge >= 0.3 is 5.69 Å². The minimum atomic E-state index is -0.940. The molecule has 10 heteroatoms. The Labute approximate surface area is 180 Å². The van der Waals surface area contributed by atoms with Gasteiger partial charge in [0.2, 0.25) is 5.91 Å². The Kier molecular flexibility index (Phi) is 5.50. The molecule has 4 rings (SSSR count). The van der Waals surface area contributed by atoms with Gasteiger partial charge in [-0.25, -0.2) is 22.7 Å². The molecule has 32 heavy (non-hydrogen) atoms. The highest BCUT2D eigenvalue weighted by Crippen LogP contribution is 2.15. The van der Waals surface area contributed by atoms with E-state index in [-0.39, 0.29) is 16.9 Å². The van der Waals surface area contributed by atoms with E-state index in [1.54, 1.807) is 12.1 Å². The van der Waals surface area contributed by atoms with Gasteiger partial charge in [0.25, 0.3) is 5.91 Å². The molecule has 0 aliphatic rings. The van der Waals surface area contributed by atoms with Crippen LogP contribution in [0.2, 0.25) is 0 Å². The van der Waals surface area contributed by atoms with Crippen LogP contribution in [0.5, 0.6) is 0 Å². The van der Waals surface area contributed by atoms with Crippen LogP contribution in [-0.2, 0) is 11.3 Å². The van der Waals surface area contributed by atoms with Crippen molar-refractivity contribution in [1.82, 2.24) is 14.2 Å². The third-order valence-corrected chi connectivity index (χ3v) is 4.65. The maximum absolute atomic E-state index is 13.7. The summed E-state index contributed by atoms with van der Waals surface area (Å²) in [5.41, 5.74) is 1.23. The lowest BCUT2D eigenvalue weighted by Crippen LogP contribution is -2.28. The number of amides is 2. The van der Waals surface area contributed by atoms with E-state index in [2.05, 4.69) is 15.7 Å². The molecular weight excluding hydrogens is 420 g/mol. The van der Waals surface area contributed by atoms with Crippen molar-refractivity contribution in [3.8, 4) is 0 Å². The monoisotopic (exact) mass is 437 g/mol. The number of aromatic nitrogens is 3. The fraction of sp³-hybridized carbons (Fsp3) is 0.0909. The van der Waals surface area contributed by atoms with E-state index >= 15 is 0 Å². The summed E-state index contributed by atoms with van der Waals surface area (Å²) in [7, 11) is 0. The van der Waals surface area contributed by atoms with Crippen LogP contribution < -0.4 is 16.3 Å². The van der Waals surface area contributed by atoms with E-state index in [4.69, 9.17) is 0 Å². The molecule has 0 bridgehead atoms. The fourth-order valence-corrected chi connectivity index (χ4v) is 3.01. The van der Waals surface area contributed by atoms with Gasteiger partial charge in [-0.05, 0) is 43.3 Å². The minimum Gasteiger partial charge on any atom is -0.322 e. The first kappa shape index (κ1) is 20.9. The molecule has 0 saturated carbocycles. The standard InChI is InChI=1S/C22H17F2N5O3/c1-13-2-6-16(7-3-13)25-21(31)14-4-9-19-27-29(22(32)28(19)11-14)12-20(30)26-18-8-5-15(23)10-17(18)24/h2-11H,12H2,1H3,(H,25,31)(H,26,30). The van der Waals surface area contributed by atoms with Gasteiger partial charge in [-0.3, -0.25) is 9.59 Å². The molecule has 2 N–H and O–H groups in total. The molecular formula is C22H17F2N5O3. The van der Waals surface area contributed by atoms with Gasteiger partial charge in [0, 0.05) is 18.0 Å². The normalized spacial score (nSPS) is 10.8. The highest BCUT2D eigenvalue weighted by atomic mass is 19.1. The second-order valence-electron chi connectivity index (χ2n) is 7.08. The molecule has 162 valence electrons. The molecule has 0 radical (unpaired) electrons. The van der Waals surface area contributed by atoms with E-state index in [1.807, 2.05) is 19.1 Å². The van der Waals surface area contributed by atoms with E-state index < -0.39 is 35.7 Å². The lowest BCUT2D eigenvalue weighted by molar-refractivity contribution is -0.117. The Balaban J connectivity index is 1.52. The smallest absolute Gasteiger partial charge is 0.322 e. The number of fused-ring (bicyclic) bond motifs is 1. The Morgan fingerprint density at radius 1 is 1.00 bits per heavy atom. The highest BCUT2D eigenvalue weighted by molar-refractivity contribution is 6.04. The number of carbonyl (C=O) groups excluding carboxylic acids is 2. The van der Waals surface area contributed by atoms with Crippen molar-refractivity contribution in [3.63, 3.8) is 0 Å². The van der Waals surface area contributed by atoms with Crippen molar-refractivity contribution in [1.29, 1.82) is 0 Å². The van der Waals surface area contributed by atoms with Gasteiger partial charge in [-0.2, -0.15) is 0 Å². The van der Waals surface area contributed by atoms with Gasteiger partial charge in [0.15, 0.2) is 5.65 Å². The molecule has 0 aliphatic carbocycles. The molecule has 0 atom stereocenters. The van der Waals surface area contributed by atoms with Crippen molar-refractivity contribution < 1.29 is 18.4 Å². The van der Waals surface area contributed by atoms with Crippen molar-refractivity contribution >= 4 is 28.8 Å². The third kappa shape index (κ3) is 4.38. The number of rotatable bonds is 5. The topological polar surface area (TPSA) is 97.5 Å². The third-order valence-electron chi connectivity index (χ3n) is 4.65. The second kappa shape index (κ2) is 8.42. The molecule has 0 unspecified atom stereocenters. The Morgan fingerprint density at radius 3 is 2.47 bits per heavy atom. The maximum Gasteiger partial charge on any atom is 0.350 e. The van der Waals surface area contributed by atoms with Crippen LogP contribution in [0, 0.1) is 18.6 Å². The van der Waals surface area contributed by atoms with Crippen LogP contribution in [0.25, 0.3) is 5.65 Å². The van der Waals surface area contributed by atoms with Crippen molar-refractivity contribution in [2.75, 3.05) is 10.6 Å². The molecule has 0 aliphatic heterocycles. The van der Waals surface area contributed by atoms with Gasteiger partial charge < -0.3 is 10.6 Å². The molecule has 0 saturated heterocycles. The molecule has 2 heterocycles. The number of nitrogens with one attached hydrogen (secondary N) is 2. The molecule has 0 spiro atoms. The predicted molar refractivity (Wildman–Crippen MR) is 114 cm³/mol. The molecule has 4 aromatic rings. The van der Waals surface area contributed by atoms with Crippen LogP contribution in [0.3, 0.4) is 0 Å². The quantitative estimate of drug-likeness (QED) is 0.502. The summed E-state index contributed by atoms with van der Waals surface area (Å²) in [5, 5.41) is 9.05. The Hall–Kier alpha value is -4.34. The van der Waals surface area contributed by atoms with Crippen LogP contribution in [0.15, 0.2) is 65.6 Å². The first-order valence-electron chi connectivity index (χ1n) is 9.52. The molecule has 2 amide bonds. The fourth-order valence-electron chi connectivity index (χ4n) is 3.01. The first-order valence-corrected chi connectivity index (χ1v) is 9.52. The zero-order valence-corrected chi connectivity index (χ0v) is 16.8. The van der Waals surface area contributed by atoms with E-state index in [0.717, 1.165) is 26.8 Å². The number of carbonyl (C=O) groups is 2. The average molecular weight is 437 g/mol. The summed E-state index contributed by atoms with van der Waals surface area (Å²) in [5.74, 6) is -2.86. The number of benzene rings is 2. The van der Waals surface area contributed by atoms with Crippen molar-refractivity contribution in [3.05, 3.63) is 94.0 Å². The Bertz CT molecular complexity index is 1390. The number of aryl methyl sites for hydroxylation is 1. The summed E-state index contributed by atoms with van der Waals surface area (Å²) in [6.07, 6.45) is 1.32. The molecule has 2 aromatic heterocycles. The number of pyridine rings is 1. The Morgan fingerprint density at radius 2 is 1.75 bits per heavy atom. The largest absolute Gasteiger partial charge is 0.350 e. The zero-order chi connectivity index (χ0) is 22.8. The first-order chi connectivity index (χ1) is 15.3. The van der Waals surface area contributed by atoms with E-state index in [0.29, 0.717) is 11.8 Å². The van der Waals surface area contributed by atoms with Crippen LogP contribution in [-0.4, -0.2) is 26.0 Å². The number of hydrogen-bond acceptors (Lipinski definition) is 4. The maximum atomic E-state index is 13.7. The van der Waals surface area contributed by atoms with Gasteiger partial charge in [0.1, 0.15) is 18.2 Å². The van der Waals surface area contributed by atoms with Crippen LogP contribution >= 0.6 is 0 Å². The number of hydrogen-bond donors (Lipinski definition) is 2. The predicted octanol–water partition coefficient (Wildman–Crippen LogP) is 2.97. The van der Waals surface area contributed by atoms with Gasteiger partial charge in [0.05, 0.1) is 11.3 Å². The van der Waals surface area contributed by atoms with Crippen molar-refractivity contribution in [2.45, 2.75) is 13.5 Å². The summed E-state index contributed by atoms with van der Waals surface area (Å²) in [6, 6.07) is 12.9. The minimum absolute atomic E-state index is 0.219. The second-order valence-corrected chi connectivity index (χ2v) is 7.08. The summed E-state index contributed by atoms with van der Waals surface area (Å²) < 4.78 is 28.7. The number of nitrogens with zero attached hydrogens (tertiary/aromatic N) is 3. The highest BCUT2D eigenvalue weighted by Gasteiger charge is 2.15. The van der Waals surface area contributed by atoms with E-state index in [9.17, 15) is 23.2 Å². The molecule has 0 fully saturated rings. The summed E-state index contributed by atoms with van der Waals surface area (Å²) in [6.45, 7) is 1.43. The zero-order valence-electron chi connectivity index (χ0n) is 16.8. The molecule has 8 nitrogen and oxygen atoms in total. The summed E-state index contributed by atoms with van der Waals surface area (Å²) >= 11 is 0. The SMILES string of the molecule is Cc1ccc(NC(=O)c2ccc3nn(CC(=O)Nc4ccc(F)cc4F)c(=O)n3c2)cc1. The number of halogens is 2. The lowest BCUT2D eigenvalue weighted by Gasteiger charge is -2.06. The van der Waals surface area contributed by atoms with Crippen molar-refractivity contribution in [2.24, 2.45) is 0 Å². The van der Waals surface area contributed by atoms with Gasteiger partial charge in [-0.1, -0.05) is 17.7 Å². The average Bonchev–Trinajstić information content (AvgIpc) is 3.06. The molecule has 2 aromatic carbocycles. The van der Waals surface area contributed by atoms with Crippen LogP contribution in [0.1, 0.15) is 15.9 Å². The van der Waals surface area contributed by atoms with Gasteiger partial charge in [-0.15, -0.1) is 5.10 Å². The lowest BCUT2D eigenvalue weighted by atomic mass is 10.2.